The lowest BCUT2D eigenvalue weighted by atomic mass is 10.2. The monoisotopic (exact) mass is 403 g/mol. The second-order valence-electron chi connectivity index (χ2n) is 4.15. The van der Waals surface area contributed by atoms with Crippen molar-refractivity contribution in [2.75, 3.05) is 6.61 Å². The summed E-state index contributed by atoms with van der Waals surface area (Å²) >= 11 is 17.0. The quantitative estimate of drug-likeness (QED) is 0.211. The number of benzene rings is 1. The lowest BCUT2D eigenvalue weighted by molar-refractivity contribution is -0.404. The van der Waals surface area contributed by atoms with Crippen LogP contribution in [0.2, 0.25) is 6.04 Å². The molecule has 0 unspecified atom stereocenters. The summed E-state index contributed by atoms with van der Waals surface area (Å²) in [7, 11) is 0. The van der Waals surface area contributed by atoms with Gasteiger partial charge in [-0.25, -0.2) is 0 Å². The van der Waals surface area contributed by atoms with Crippen LogP contribution in [0.5, 0.6) is 5.75 Å². The summed E-state index contributed by atoms with van der Waals surface area (Å²) in [6, 6.07) is -1.55. The molecular weight excluding hydrogens is 397 g/mol. The van der Waals surface area contributed by atoms with E-state index in [-0.39, 0.29) is 19.1 Å². The Hall–Kier alpha value is -1.69. The summed E-state index contributed by atoms with van der Waals surface area (Å²) in [4.78, 5) is 29.7. The van der Waals surface area contributed by atoms with Crippen molar-refractivity contribution in [2.45, 2.75) is 12.5 Å². The van der Waals surface area contributed by atoms with Crippen molar-refractivity contribution in [1.82, 2.24) is 0 Å². The van der Waals surface area contributed by atoms with E-state index in [1.165, 1.54) is 0 Å². The first-order valence-corrected chi connectivity index (χ1v) is 11.1. The van der Waals surface area contributed by atoms with Crippen molar-refractivity contribution < 1.29 is 19.5 Å². The normalized spacial score (nSPS) is 11.1. The Bertz CT molecular complexity index is 617. The van der Waals surface area contributed by atoms with E-state index in [1.807, 2.05) is 0 Å². The first kappa shape index (κ1) is 19.4. The molecule has 0 saturated carbocycles. The van der Waals surface area contributed by atoms with E-state index in [4.69, 9.17) is 38.0 Å². The number of ether oxygens (including phenoxy) is 1. The van der Waals surface area contributed by atoms with Gasteiger partial charge in [-0.1, -0.05) is 0 Å². The van der Waals surface area contributed by atoms with Crippen molar-refractivity contribution in [1.29, 1.82) is 0 Å². The third-order valence-electron chi connectivity index (χ3n) is 2.49. The van der Waals surface area contributed by atoms with E-state index in [2.05, 4.69) is 0 Å². The Morgan fingerprint density at radius 1 is 0.957 bits per heavy atom. The fourth-order valence-electron chi connectivity index (χ4n) is 1.56. The van der Waals surface area contributed by atoms with Crippen LogP contribution < -0.4 is 4.74 Å². The molecule has 10 nitrogen and oxygen atoms in total. The standard InChI is InChI=1S/C9H8Cl3N3O7Si/c10-23(11,12)3-1-2-22-9-7(14(18)19)4-6(13(16)17)5-8(9)15(20)21/h4-5H,1-3H2. The Kier molecular flexibility index (Phi) is 6.50. The summed E-state index contributed by atoms with van der Waals surface area (Å²) in [6.07, 6.45) is 0.202. The first-order valence-electron chi connectivity index (χ1n) is 5.83. The molecule has 1 aromatic rings. The SMILES string of the molecule is O=[N+]([O-])c1cc([N+](=O)[O-])c(OCCC[Si](Cl)(Cl)Cl)c([N+](=O)[O-])c1. The molecule has 0 N–H and O–H groups in total. The van der Waals surface area contributed by atoms with Crippen LogP contribution >= 0.6 is 33.2 Å². The van der Waals surface area contributed by atoms with Crippen LogP contribution in [0.25, 0.3) is 0 Å². The van der Waals surface area contributed by atoms with Gasteiger partial charge < -0.3 is 4.74 Å². The van der Waals surface area contributed by atoms with Crippen molar-refractivity contribution in [3.63, 3.8) is 0 Å². The van der Waals surface area contributed by atoms with Crippen LogP contribution in [-0.4, -0.2) is 27.4 Å². The van der Waals surface area contributed by atoms with Gasteiger partial charge in [0.2, 0.25) is 0 Å². The van der Waals surface area contributed by atoms with Crippen LogP contribution in [0.15, 0.2) is 12.1 Å². The summed E-state index contributed by atoms with van der Waals surface area (Å²) < 4.78 is 5.06. The molecule has 0 radical (unpaired) electrons. The van der Waals surface area contributed by atoms with Gasteiger partial charge in [0.15, 0.2) is 0 Å². The summed E-state index contributed by atoms with van der Waals surface area (Å²) in [6.45, 7) is -0.180. The van der Waals surface area contributed by atoms with Crippen LogP contribution in [-0.2, 0) is 0 Å². The van der Waals surface area contributed by atoms with Crippen molar-refractivity contribution in [3.8, 4) is 5.75 Å². The molecule has 1 aromatic carbocycles. The second-order valence-corrected chi connectivity index (χ2v) is 13.4. The van der Waals surface area contributed by atoms with Gasteiger partial charge in [0, 0.05) is 0 Å². The molecule has 126 valence electrons. The van der Waals surface area contributed by atoms with Gasteiger partial charge >= 0.3 is 17.4 Å². The van der Waals surface area contributed by atoms with Gasteiger partial charge in [0.1, 0.15) is 0 Å². The molecule has 0 saturated heterocycles. The van der Waals surface area contributed by atoms with Gasteiger partial charge in [0.05, 0.1) is 33.5 Å². The topological polar surface area (TPSA) is 139 Å². The highest BCUT2D eigenvalue weighted by Gasteiger charge is 2.32. The molecule has 1 rings (SSSR count). The second kappa shape index (κ2) is 7.72. The van der Waals surface area contributed by atoms with Gasteiger partial charge in [-0.3, -0.25) is 30.3 Å². The molecule has 0 spiro atoms. The molecule has 0 amide bonds. The number of nitro benzene ring substituents is 3. The maximum absolute atomic E-state index is 11.0. The van der Waals surface area contributed by atoms with E-state index >= 15 is 0 Å². The third-order valence-corrected chi connectivity index (χ3v) is 5.11. The average Bonchev–Trinajstić information content (AvgIpc) is 2.41. The van der Waals surface area contributed by atoms with E-state index in [0.717, 1.165) is 0 Å². The molecule has 0 aliphatic carbocycles. The molecule has 0 heterocycles. The van der Waals surface area contributed by atoms with E-state index in [1.54, 1.807) is 0 Å². The fraction of sp³-hybridized carbons (Fsp3) is 0.333. The number of hydrogen-bond donors (Lipinski definition) is 0. The minimum Gasteiger partial charge on any atom is -0.482 e. The van der Waals surface area contributed by atoms with Gasteiger partial charge in [0.25, 0.3) is 11.4 Å². The van der Waals surface area contributed by atoms with Gasteiger partial charge in [-0.15, -0.1) is 33.2 Å². The Balaban J connectivity index is 3.14. The van der Waals surface area contributed by atoms with Crippen molar-refractivity contribution in [3.05, 3.63) is 42.5 Å². The number of non-ortho nitro benzene ring substituents is 1. The van der Waals surface area contributed by atoms with E-state index in [9.17, 15) is 30.3 Å². The molecule has 23 heavy (non-hydrogen) atoms. The lowest BCUT2D eigenvalue weighted by Gasteiger charge is -2.09. The van der Waals surface area contributed by atoms with E-state index < -0.39 is 43.6 Å². The van der Waals surface area contributed by atoms with Crippen LogP contribution in [0, 0.1) is 30.3 Å². The number of nitro groups is 3. The highest BCUT2D eigenvalue weighted by Crippen LogP contribution is 2.40. The van der Waals surface area contributed by atoms with Crippen molar-refractivity contribution in [2.24, 2.45) is 0 Å². The maximum atomic E-state index is 11.0. The Morgan fingerprint density at radius 2 is 1.43 bits per heavy atom. The van der Waals surface area contributed by atoms with Gasteiger partial charge in [-0.05, 0) is 12.5 Å². The minimum absolute atomic E-state index is 0.180. The minimum atomic E-state index is -2.91. The zero-order valence-electron chi connectivity index (χ0n) is 11.1. The van der Waals surface area contributed by atoms with Crippen LogP contribution in [0.3, 0.4) is 0 Å². The van der Waals surface area contributed by atoms with E-state index in [0.29, 0.717) is 12.1 Å². The van der Waals surface area contributed by atoms with Gasteiger partial charge in [-0.2, -0.15) is 0 Å². The molecule has 0 atom stereocenters. The molecule has 0 fully saturated rings. The highest BCUT2D eigenvalue weighted by atomic mass is 35.8. The fourth-order valence-corrected chi connectivity index (χ4v) is 3.30. The molecule has 0 bridgehead atoms. The van der Waals surface area contributed by atoms with Crippen LogP contribution in [0.1, 0.15) is 6.42 Å². The zero-order chi connectivity index (χ0) is 17.8. The average molecular weight is 405 g/mol. The van der Waals surface area contributed by atoms with Crippen LogP contribution in [0.4, 0.5) is 17.1 Å². The molecule has 0 aliphatic heterocycles. The number of hydrogen-bond acceptors (Lipinski definition) is 7. The Labute approximate surface area is 143 Å². The van der Waals surface area contributed by atoms with Crippen molar-refractivity contribution >= 4 is 56.3 Å². The number of halogens is 3. The molecule has 14 heteroatoms. The number of nitrogens with zero attached hydrogens (tertiary/aromatic N) is 3. The highest BCUT2D eigenvalue weighted by molar-refractivity contribution is 7.64. The predicted octanol–water partition coefficient (Wildman–Crippen LogP) is 3.84. The maximum Gasteiger partial charge on any atom is 0.341 e. The Morgan fingerprint density at radius 3 is 1.78 bits per heavy atom. The molecule has 0 aliphatic rings. The molecular formula is C9H8Cl3N3O7Si. The molecule has 0 aromatic heterocycles. The zero-order valence-corrected chi connectivity index (χ0v) is 14.4. The lowest BCUT2D eigenvalue weighted by Crippen LogP contribution is -2.11. The smallest absolute Gasteiger partial charge is 0.341 e. The summed E-state index contributed by atoms with van der Waals surface area (Å²) in [5.74, 6) is -0.670. The largest absolute Gasteiger partial charge is 0.482 e. The summed E-state index contributed by atoms with van der Waals surface area (Å²) in [5, 5.41) is 32.7. The summed E-state index contributed by atoms with van der Waals surface area (Å²) in [5.41, 5.74) is -2.54. The first-order chi connectivity index (χ1) is 10.5. The number of rotatable bonds is 8. The predicted molar refractivity (Wildman–Crippen MR) is 84.6 cm³/mol. The third kappa shape index (κ3) is 5.78.